The minimum absolute atomic E-state index is 0.103. The molecule has 0 heterocycles. The molecule has 2 rings (SSSR count). The van der Waals surface area contributed by atoms with Crippen LogP contribution in [0.25, 0.3) is 0 Å². The molecule has 0 amide bonds. The number of ether oxygens (including phenoxy) is 1. The molecule has 2 aromatic carbocycles. The van der Waals surface area contributed by atoms with Crippen molar-refractivity contribution >= 4 is 0 Å². The summed E-state index contributed by atoms with van der Waals surface area (Å²) >= 11 is 0. The van der Waals surface area contributed by atoms with Crippen LogP contribution in [0.3, 0.4) is 0 Å². The highest BCUT2D eigenvalue weighted by Crippen LogP contribution is 2.23. The second-order valence-corrected chi connectivity index (χ2v) is 3.85. The molecule has 0 aliphatic carbocycles. The van der Waals surface area contributed by atoms with Crippen LogP contribution in [-0.2, 0) is 13.2 Å². The van der Waals surface area contributed by atoms with E-state index in [9.17, 15) is 8.78 Å². The number of hydrogen-bond acceptors (Lipinski definition) is 2. The van der Waals surface area contributed by atoms with Gasteiger partial charge in [-0.25, -0.2) is 8.78 Å². The Hall–Kier alpha value is -1.94. The molecule has 0 aliphatic rings. The van der Waals surface area contributed by atoms with E-state index in [1.807, 2.05) is 0 Å². The summed E-state index contributed by atoms with van der Waals surface area (Å²) in [5.74, 6) is -0.678. The van der Waals surface area contributed by atoms with Crippen LogP contribution in [0.4, 0.5) is 8.78 Å². The molecule has 0 aliphatic heterocycles. The van der Waals surface area contributed by atoms with Gasteiger partial charge in [0.1, 0.15) is 12.4 Å². The van der Waals surface area contributed by atoms with Crippen LogP contribution >= 0.6 is 0 Å². The fraction of sp³-hybridized carbons (Fsp3) is 0.143. The van der Waals surface area contributed by atoms with Crippen LogP contribution in [0.15, 0.2) is 42.5 Å². The summed E-state index contributed by atoms with van der Waals surface area (Å²) in [7, 11) is 0. The average molecular weight is 249 g/mol. The van der Waals surface area contributed by atoms with Crippen molar-refractivity contribution in [3.63, 3.8) is 0 Å². The molecule has 0 spiro atoms. The third kappa shape index (κ3) is 2.84. The van der Waals surface area contributed by atoms with Gasteiger partial charge in [0.2, 0.25) is 0 Å². The van der Waals surface area contributed by atoms with Crippen molar-refractivity contribution in [2.24, 2.45) is 5.73 Å². The molecular formula is C14H13F2NO. The van der Waals surface area contributed by atoms with E-state index in [0.717, 1.165) is 0 Å². The van der Waals surface area contributed by atoms with Gasteiger partial charge in [-0.05, 0) is 23.8 Å². The molecule has 2 N–H and O–H groups in total. The van der Waals surface area contributed by atoms with E-state index in [4.69, 9.17) is 10.5 Å². The second kappa shape index (κ2) is 5.60. The minimum Gasteiger partial charge on any atom is -0.485 e. The van der Waals surface area contributed by atoms with E-state index >= 15 is 0 Å². The average Bonchev–Trinajstić information content (AvgIpc) is 2.37. The van der Waals surface area contributed by atoms with Crippen molar-refractivity contribution in [2.75, 3.05) is 0 Å². The van der Waals surface area contributed by atoms with Crippen molar-refractivity contribution in [1.82, 2.24) is 0 Å². The zero-order chi connectivity index (χ0) is 13.0. The third-order valence-corrected chi connectivity index (χ3v) is 2.54. The molecule has 0 atom stereocenters. The third-order valence-electron chi connectivity index (χ3n) is 2.54. The van der Waals surface area contributed by atoms with Gasteiger partial charge < -0.3 is 10.5 Å². The highest BCUT2D eigenvalue weighted by molar-refractivity contribution is 5.35. The van der Waals surface area contributed by atoms with Crippen molar-refractivity contribution in [2.45, 2.75) is 13.2 Å². The molecule has 0 fully saturated rings. The summed E-state index contributed by atoms with van der Waals surface area (Å²) in [6.45, 7) is 0.294. The second-order valence-electron chi connectivity index (χ2n) is 3.85. The number of benzene rings is 2. The van der Waals surface area contributed by atoms with Crippen molar-refractivity contribution < 1.29 is 13.5 Å². The summed E-state index contributed by atoms with van der Waals surface area (Å²) in [5, 5.41) is 0. The molecule has 0 bridgehead atoms. The van der Waals surface area contributed by atoms with E-state index in [1.54, 1.807) is 24.3 Å². The van der Waals surface area contributed by atoms with E-state index in [0.29, 0.717) is 11.1 Å². The summed E-state index contributed by atoms with van der Waals surface area (Å²) in [6, 6.07) is 10.6. The SMILES string of the molecule is NCc1cccc(F)c1OCc1cccc(F)c1. The fourth-order valence-electron chi connectivity index (χ4n) is 1.66. The maximum Gasteiger partial charge on any atom is 0.165 e. The lowest BCUT2D eigenvalue weighted by atomic mass is 10.2. The Morgan fingerprint density at radius 1 is 1.06 bits per heavy atom. The van der Waals surface area contributed by atoms with E-state index in [1.165, 1.54) is 18.2 Å². The smallest absolute Gasteiger partial charge is 0.165 e. The maximum atomic E-state index is 13.6. The highest BCUT2D eigenvalue weighted by atomic mass is 19.1. The molecule has 2 nitrogen and oxygen atoms in total. The Bertz CT molecular complexity index is 543. The molecule has 0 saturated heterocycles. The zero-order valence-corrected chi connectivity index (χ0v) is 9.70. The van der Waals surface area contributed by atoms with Crippen LogP contribution in [-0.4, -0.2) is 0 Å². The highest BCUT2D eigenvalue weighted by Gasteiger charge is 2.08. The van der Waals surface area contributed by atoms with Crippen LogP contribution in [0.1, 0.15) is 11.1 Å². The monoisotopic (exact) mass is 249 g/mol. The first-order chi connectivity index (χ1) is 8.70. The predicted octanol–water partition coefficient (Wildman–Crippen LogP) is 3.00. The van der Waals surface area contributed by atoms with Crippen molar-refractivity contribution in [1.29, 1.82) is 0 Å². The topological polar surface area (TPSA) is 35.2 Å². The van der Waals surface area contributed by atoms with Gasteiger partial charge in [-0.15, -0.1) is 0 Å². The quantitative estimate of drug-likeness (QED) is 0.904. The lowest BCUT2D eigenvalue weighted by Crippen LogP contribution is -2.04. The molecule has 2 aromatic rings. The lowest BCUT2D eigenvalue weighted by molar-refractivity contribution is 0.286. The zero-order valence-electron chi connectivity index (χ0n) is 9.70. The van der Waals surface area contributed by atoms with E-state index < -0.39 is 5.82 Å². The van der Waals surface area contributed by atoms with Crippen LogP contribution in [0, 0.1) is 11.6 Å². The Morgan fingerprint density at radius 3 is 2.56 bits per heavy atom. The van der Waals surface area contributed by atoms with Gasteiger partial charge in [0.25, 0.3) is 0 Å². The first kappa shape index (κ1) is 12.5. The summed E-state index contributed by atoms with van der Waals surface area (Å²) in [6.07, 6.45) is 0. The molecule has 4 heteroatoms. The van der Waals surface area contributed by atoms with Gasteiger partial charge in [-0.2, -0.15) is 0 Å². The predicted molar refractivity (Wildman–Crippen MR) is 65.0 cm³/mol. The van der Waals surface area contributed by atoms with E-state index in [-0.39, 0.29) is 24.7 Å². The number of nitrogens with two attached hydrogens (primary N) is 1. The molecule has 94 valence electrons. The molecule has 0 saturated carbocycles. The van der Waals surface area contributed by atoms with Gasteiger partial charge >= 0.3 is 0 Å². The van der Waals surface area contributed by atoms with E-state index in [2.05, 4.69) is 0 Å². The normalized spacial score (nSPS) is 10.4. The summed E-state index contributed by atoms with van der Waals surface area (Å²) in [4.78, 5) is 0. The number of halogens is 2. The number of hydrogen-bond donors (Lipinski definition) is 1. The summed E-state index contributed by atoms with van der Waals surface area (Å²) in [5.41, 5.74) is 6.74. The van der Waals surface area contributed by atoms with Gasteiger partial charge in [-0.1, -0.05) is 24.3 Å². The molecule has 18 heavy (non-hydrogen) atoms. The Morgan fingerprint density at radius 2 is 1.83 bits per heavy atom. The fourth-order valence-corrected chi connectivity index (χ4v) is 1.66. The molecule has 0 aromatic heterocycles. The minimum atomic E-state index is -0.464. The summed E-state index contributed by atoms with van der Waals surface area (Å²) < 4.78 is 31.9. The van der Waals surface area contributed by atoms with Crippen LogP contribution in [0.5, 0.6) is 5.75 Å². The molecule has 0 radical (unpaired) electrons. The van der Waals surface area contributed by atoms with Crippen LogP contribution < -0.4 is 10.5 Å². The Balaban J connectivity index is 2.15. The van der Waals surface area contributed by atoms with Gasteiger partial charge in [0.05, 0.1) is 0 Å². The first-order valence-electron chi connectivity index (χ1n) is 5.55. The standard InChI is InChI=1S/C14H13F2NO/c15-12-5-1-3-10(7-12)9-18-14-11(8-17)4-2-6-13(14)16/h1-7H,8-9,17H2. The largest absolute Gasteiger partial charge is 0.485 e. The van der Waals surface area contributed by atoms with Gasteiger partial charge in [0.15, 0.2) is 11.6 Å². The molecule has 0 unspecified atom stereocenters. The first-order valence-corrected chi connectivity index (χ1v) is 5.55. The van der Waals surface area contributed by atoms with Crippen LogP contribution in [0.2, 0.25) is 0 Å². The van der Waals surface area contributed by atoms with Crippen molar-refractivity contribution in [3.8, 4) is 5.75 Å². The molecular weight excluding hydrogens is 236 g/mol. The Labute approximate surface area is 104 Å². The van der Waals surface area contributed by atoms with Gasteiger partial charge in [-0.3, -0.25) is 0 Å². The lowest BCUT2D eigenvalue weighted by Gasteiger charge is -2.11. The Kier molecular flexibility index (Phi) is 3.89. The van der Waals surface area contributed by atoms with Crippen molar-refractivity contribution in [3.05, 3.63) is 65.2 Å². The van der Waals surface area contributed by atoms with Gasteiger partial charge in [0, 0.05) is 12.1 Å². The number of rotatable bonds is 4. The maximum absolute atomic E-state index is 13.6. The number of para-hydroxylation sites is 1.